The van der Waals surface area contributed by atoms with Crippen molar-refractivity contribution in [1.82, 2.24) is 21.3 Å². The molecule has 322 valence electrons. The highest BCUT2D eigenvalue weighted by atomic mass is 19.2. The van der Waals surface area contributed by atoms with Gasteiger partial charge < -0.3 is 35.5 Å². The van der Waals surface area contributed by atoms with Gasteiger partial charge in [-0.1, -0.05) is 0 Å². The van der Waals surface area contributed by atoms with Crippen molar-refractivity contribution >= 4 is 0 Å². The maximum absolute atomic E-state index is 16.2. The molecule has 10 atom stereocenters. The zero-order valence-corrected chi connectivity index (χ0v) is 31.8. The molecule has 5 saturated heterocycles. The highest BCUT2D eigenvalue weighted by Crippen LogP contribution is 2.49. The topological polar surface area (TPSA) is 75.8 Å². The third-order valence-electron chi connectivity index (χ3n) is 13.3. The molecule has 0 radical (unpaired) electrons. The molecule has 5 aliphatic rings. The van der Waals surface area contributed by atoms with Crippen molar-refractivity contribution < 1.29 is 66.9 Å². The summed E-state index contributed by atoms with van der Waals surface area (Å²) >= 11 is 0. The lowest BCUT2D eigenvalue weighted by molar-refractivity contribution is 0.288. The Kier molecular flexibility index (Phi) is 11.2. The van der Waals surface area contributed by atoms with Crippen LogP contribution in [-0.2, 0) is 0 Å². The summed E-state index contributed by atoms with van der Waals surface area (Å²) in [6.07, 6.45) is 0.885. The molecular formula is C40H40F12N4O3. The van der Waals surface area contributed by atoms with E-state index in [2.05, 4.69) is 35.5 Å². The van der Waals surface area contributed by atoms with Gasteiger partial charge >= 0.3 is 0 Å². The number of methoxy groups -OCH3 is 3. The zero-order chi connectivity index (χ0) is 42.3. The normalized spacial score (nSPS) is 31.7. The number of hydrogen-bond acceptors (Lipinski definition) is 7. The van der Waals surface area contributed by atoms with Crippen LogP contribution in [0.25, 0.3) is 0 Å². The van der Waals surface area contributed by atoms with Gasteiger partial charge in [-0.25, -0.2) is 26.3 Å². The fourth-order valence-electron chi connectivity index (χ4n) is 10.9. The molecule has 8 bridgehead atoms. The Morgan fingerprint density at radius 3 is 0.644 bits per heavy atom. The van der Waals surface area contributed by atoms with Crippen LogP contribution >= 0.6 is 0 Å². The van der Waals surface area contributed by atoms with Gasteiger partial charge in [0.15, 0.2) is 52.2 Å². The minimum absolute atomic E-state index is 0.0173. The van der Waals surface area contributed by atoms with Crippen LogP contribution in [0, 0.1) is 69.8 Å². The van der Waals surface area contributed by atoms with Crippen LogP contribution in [0.2, 0.25) is 0 Å². The summed E-state index contributed by atoms with van der Waals surface area (Å²) in [4.78, 5) is 0. The quantitative estimate of drug-likeness (QED) is 0.151. The lowest BCUT2D eigenvalue weighted by atomic mass is 9.82. The molecule has 5 fully saturated rings. The van der Waals surface area contributed by atoms with Gasteiger partial charge in [-0.2, -0.15) is 26.3 Å². The second-order valence-electron chi connectivity index (χ2n) is 16.0. The van der Waals surface area contributed by atoms with Gasteiger partial charge in [0, 0.05) is 82.8 Å². The Labute approximate surface area is 330 Å². The number of rotatable bonds is 6. The SMILES string of the molecule is COc1c(F)c(F)c(C2C3CCC(N3)C3CCC(N3)C(c3c(F)c(F)c(OC)c(F)c3F)C3CCC(N3)C(c3c(F)c(F)c(OC)c(F)c3F)C3CCC2N3)c(F)c1F. The third-order valence-corrected chi connectivity index (χ3v) is 13.3. The molecule has 3 aromatic carbocycles. The fraction of sp³-hybridized carbons (Fsp3) is 0.550. The maximum atomic E-state index is 16.2. The van der Waals surface area contributed by atoms with Crippen molar-refractivity contribution in [2.24, 2.45) is 0 Å². The summed E-state index contributed by atoms with van der Waals surface area (Å²) in [6, 6.07) is -7.19. The Morgan fingerprint density at radius 1 is 0.288 bits per heavy atom. The molecule has 0 saturated carbocycles. The molecule has 8 rings (SSSR count). The van der Waals surface area contributed by atoms with Crippen LogP contribution in [0.3, 0.4) is 0 Å². The van der Waals surface area contributed by atoms with Crippen LogP contribution < -0.4 is 35.5 Å². The van der Waals surface area contributed by atoms with Crippen molar-refractivity contribution in [1.29, 1.82) is 0 Å². The Bertz CT molecular complexity index is 1960. The van der Waals surface area contributed by atoms with E-state index in [1.807, 2.05) is 0 Å². The van der Waals surface area contributed by atoms with Crippen molar-refractivity contribution in [3.63, 3.8) is 0 Å². The smallest absolute Gasteiger partial charge is 0.204 e. The predicted octanol–water partition coefficient (Wildman–Crippen LogP) is 7.53. The van der Waals surface area contributed by atoms with Crippen molar-refractivity contribution in [2.45, 2.75) is 117 Å². The summed E-state index contributed by atoms with van der Waals surface area (Å²) < 4.78 is 203. The summed E-state index contributed by atoms with van der Waals surface area (Å²) in [6.45, 7) is 0. The van der Waals surface area contributed by atoms with Gasteiger partial charge in [-0.15, -0.1) is 0 Å². The summed E-state index contributed by atoms with van der Waals surface area (Å²) in [7, 11) is 2.46. The standard InChI is InChI=1S/C40H40F12N4O3/c1-57-38-32(47)26(41)23(27(42)33(38)48)20-14-6-4-12(53-14)13-5-7-15(54-13)21(24-28(43)34(49)39(58-2)35(50)29(24)44)17-9-11-19(56-17)22(18-10-8-16(20)55-18)25-30(45)36(51)40(59-3)37(52)31(25)46/h12-22,53-56H,4-11H2,1-3H3. The first-order chi connectivity index (χ1) is 28.1. The lowest BCUT2D eigenvalue weighted by Crippen LogP contribution is -2.50. The third kappa shape index (κ3) is 6.51. The summed E-state index contributed by atoms with van der Waals surface area (Å²) in [5.74, 6) is -29.7. The van der Waals surface area contributed by atoms with Gasteiger partial charge in [0.1, 0.15) is 0 Å². The molecule has 5 heterocycles. The van der Waals surface area contributed by atoms with Crippen LogP contribution in [0.5, 0.6) is 17.2 Å². The first-order valence-corrected chi connectivity index (χ1v) is 19.4. The van der Waals surface area contributed by atoms with Gasteiger partial charge in [0.05, 0.1) is 21.3 Å². The van der Waals surface area contributed by atoms with E-state index in [9.17, 15) is 0 Å². The summed E-state index contributed by atoms with van der Waals surface area (Å²) in [5.41, 5.74) is -2.99. The lowest BCUT2D eigenvalue weighted by Gasteiger charge is -2.36. The van der Waals surface area contributed by atoms with Gasteiger partial charge in [-0.05, 0) is 51.4 Å². The highest BCUT2D eigenvalue weighted by molar-refractivity contribution is 5.42. The van der Waals surface area contributed by atoms with Crippen LogP contribution in [0.4, 0.5) is 52.7 Å². The average Bonchev–Trinajstić information content (AvgIpc) is 4.06. The number of ether oxygens (including phenoxy) is 3. The zero-order valence-electron chi connectivity index (χ0n) is 31.8. The molecule has 0 aromatic heterocycles. The minimum Gasteiger partial charge on any atom is -0.491 e. The average molecular weight is 853 g/mol. The second-order valence-corrected chi connectivity index (χ2v) is 16.0. The largest absolute Gasteiger partial charge is 0.491 e. The molecule has 5 aliphatic heterocycles. The minimum atomic E-state index is -1.86. The van der Waals surface area contributed by atoms with Crippen molar-refractivity contribution in [3.05, 3.63) is 86.5 Å². The first kappa shape index (κ1) is 41.8. The molecule has 0 spiro atoms. The molecular weight excluding hydrogens is 812 g/mol. The first-order valence-electron chi connectivity index (χ1n) is 19.4. The van der Waals surface area contributed by atoms with E-state index in [4.69, 9.17) is 0 Å². The van der Waals surface area contributed by atoms with Crippen LogP contribution in [0.1, 0.15) is 85.8 Å². The van der Waals surface area contributed by atoms with Crippen molar-refractivity contribution in [3.8, 4) is 17.2 Å². The maximum Gasteiger partial charge on any atom is 0.204 e. The van der Waals surface area contributed by atoms with E-state index in [1.54, 1.807) is 0 Å². The van der Waals surface area contributed by atoms with E-state index in [-0.39, 0.29) is 38.5 Å². The van der Waals surface area contributed by atoms with Gasteiger partial charge in [-0.3, -0.25) is 0 Å². The number of fused-ring (bicyclic) bond motifs is 9. The molecule has 4 N–H and O–H groups in total. The fourth-order valence-corrected chi connectivity index (χ4v) is 10.9. The van der Waals surface area contributed by atoms with E-state index < -0.39 is 170 Å². The van der Waals surface area contributed by atoms with E-state index in [1.165, 1.54) is 0 Å². The number of halogens is 12. The number of hydrogen-bond donors (Lipinski definition) is 4. The van der Waals surface area contributed by atoms with Gasteiger partial charge in [0.25, 0.3) is 0 Å². The van der Waals surface area contributed by atoms with E-state index in [0.29, 0.717) is 12.8 Å². The van der Waals surface area contributed by atoms with E-state index >= 15 is 52.7 Å². The molecule has 10 unspecified atom stereocenters. The monoisotopic (exact) mass is 852 g/mol. The molecule has 0 aliphatic carbocycles. The predicted molar refractivity (Wildman–Crippen MR) is 186 cm³/mol. The molecule has 3 aromatic rings. The Hall–Kier alpha value is -3.94. The van der Waals surface area contributed by atoms with E-state index in [0.717, 1.165) is 21.3 Å². The van der Waals surface area contributed by atoms with Gasteiger partial charge in [0.2, 0.25) is 34.9 Å². The second kappa shape index (κ2) is 15.8. The molecule has 19 heteroatoms. The Morgan fingerprint density at radius 2 is 0.458 bits per heavy atom. The van der Waals surface area contributed by atoms with Crippen LogP contribution in [0.15, 0.2) is 0 Å². The highest BCUT2D eigenvalue weighted by Gasteiger charge is 2.52. The van der Waals surface area contributed by atoms with Crippen LogP contribution in [-0.4, -0.2) is 69.7 Å². The van der Waals surface area contributed by atoms with Crippen molar-refractivity contribution in [2.75, 3.05) is 21.3 Å². The number of benzene rings is 3. The molecule has 7 nitrogen and oxygen atoms in total. The Balaban J connectivity index is 1.31. The molecule has 59 heavy (non-hydrogen) atoms. The molecule has 0 amide bonds. The summed E-state index contributed by atoms with van der Waals surface area (Å²) in [5, 5.41) is 12.9. The number of nitrogens with one attached hydrogen (secondary N) is 4.